The molecule has 0 saturated carbocycles. The molecule has 0 aliphatic heterocycles. The number of aryl methyl sites for hydroxylation is 1. The zero-order valence-electron chi connectivity index (χ0n) is 10.9. The maximum atomic E-state index is 5.64. The van der Waals surface area contributed by atoms with Crippen LogP contribution in [0.15, 0.2) is 40.0 Å². The minimum Gasteiger partial charge on any atom is -0.467 e. The second kappa shape index (κ2) is 6.89. The van der Waals surface area contributed by atoms with Gasteiger partial charge in [0, 0.05) is 18.2 Å². The highest BCUT2D eigenvalue weighted by Crippen LogP contribution is 2.33. The van der Waals surface area contributed by atoms with Crippen molar-refractivity contribution >= 4 is 32.8 Å². The highest BCUT2D eigenvalue weighted by molar-refractivity contribution is 9.11. The number of ether oxygens (including phenoxy) is 2. The Bertz CT molecular complexity index is 562. The Morgan fingerprint density at radius 1 is 1.37 bits per heavy atom. The fraction of sp³-hybridized carbons (Fsp3) is 0.200. The predicted molar refractivity (Wildman–Crippen MR) is 84.0 cm³/mol. The van der Waals surface area contributed by atoms with E-state index in [2.05, 4.69) is 45.7 Å². The number of hydrogen-bond donors (Lipinski definition) is 0. The molecule has 4 heteroatoms. The lowest BCUT2D eigenvalue weighted by molar-refractivity contribution is 0.0509. The van der Waals surface area contributed by atoms with Gasteiger partial charge in [0.15, 0.2) is 6.79 Å². The van der Waals surface area contributed by atoms with Gasteiger partial charge in [-0.1, -0.05) is 27.6 Å². The lowest BCUT2D eigenvalue weighted by Crippen LogP contribution is -2.02. The molecule has 0 bridgehead atoms. The molecule has 0 spiro atoms. The molecule has 19 heavy (non-hydrogen) atoms. The molecule has 0 fully saturated rings. The molecule has 0 N–H and O–H groups in total. The Balaban J connectivity index is 2.44. The van der Waals surface area contributed by atoms with Crippen LogP contribution in [0.25, 0.3) is 5.57 Å². The Hall–Kier alpha value is -1.10. The van der Waals surface area contributed by atoms with E-state index in [-0.39, 0.29) is 6.79 Å². The second-order valence-electron chi connectivity index (χ2n) is 4.09. The summed E-state index contributed by atoms with van der Waals surface area (Å²) in [5.41, 5.74) is 4.54. The van der Waals surface area contributed by atoms with Gasteiger partial charge >= 0.3 is 0 Å². The van der Waals surface area contributed by atoms with Gasteiger partial charge in [0.25, 0.3) is 0 Å². The molecule has 0 saturated heterocycles. The third-order valence-electron chi connectivity index (χ3n) is 2.70. The van der Waals surface area contributed by atoms with Crippen LogP contribution in [-0.4, -0.2) is 13.9 Å². The number of hydrogen-bond acceptors (Lipinski definition) is 3. The van der Waals surface area contributed by atoms with Crippen LogP contribution >= 0.6 is 27.3 Å². The van der Waals surface area contributed by atoms with Gasteiger partial charge in [0.1, 0.15) is 5.75 Å². The van der Waals surface area contributed by atoms with E-state index in [1.54, 1.807) is 18.4 Å². The van der Waals surface area contributed by atoms with E-state index in [1.165, 1.54) is 11.1 Å². The molecule has 0 unspecified atom stereocenters. The molecule has 2 nitrogen and oxygen atoms in total. The maximum Gasteiger partial charge on any atom is 0.188 e. The lowest BCUT2D eigenvalue weighted by atomic mass is 9.99. The molecule has 2 aromatic rings. The first-order valence-electron chi connectivity index (χ1n) is 5.82. The molecule has 2 rings (SSSR count). The molecule has 0 atom stereocenters. The number of thiophene rings is 1. The zero-order valence-corrected chi connectivity index (χ0v) is 13.3. The van der Waals surface area contributed by atoms with Crippen LogP contribution < -0.4 is 4.74 Å². The predicted octanol–water partition coefficient (Wildman–Crippen LogP) is 4.82. The van der Waals surface area contributed by atoms with Crippen LogP contribution in [0.4, 0.5) is 0 Å². The molecule has 1 aromatic carbocycles. The average molecular weight is 339 g/mol. The number of halogens is 1. The summed E-state index contributed by atoms with van der Waals surface area (Å²) in [5, 5.41) is 4.19. The molecular weight excluding hydrogens is 324 g/mol. The Morgan fingerprint density at radius 3 is 2.84 bits per heavy atom. The highest BCUT2D eigenvalue weighted by atomic mass is 79.9. The van der Waals surface area contributed by atoms with Gasteiger partial charge in [-0.3, -0.25) is 0 Å². The van der Waals surface area contributed by atoms with Crippen molar-refractivity contribution in [3.8, 4) is 5.75 Å². The van der Waals surface area contributed by atoms with Gasteiger partial charge in [-0.05, 0) is 46.4 Å². The second-order valence-corrected chi connectivity index (χ2v) is 5.32. The van der Waals surface area contributed by atoms with Crippen molar-refractivity contribution in [2.45, 2.75) is 6.92 Å². The first-order valence-corrected chi connectivity index (χ1v) is 7.68. The summed E-state index contributed by atoms with van der Waals surface area (Å²) in [7, 11) is 1.62. The first-order chi connectivity index (χ1) is 9.26. The Morgan fingerprint density at radius 2 is 2.21 bits per heavy atom. The van der Waals surface area contributed by atoms with Crippen LogP contribution in [-0.2, 0) is 4.74 Å². The van der Waals surface area contributed by atoms with Gasteiger partial charge in [0.2, 0.25) is 0 Å². The van der Waals surface area contributed by atoms with Crippen LogP contribution in [0.5, 0.6) is 5.75 Å². The average Bonchev–Trinajstić information content (AvgIpc) is 2.93. The van der Waals surface area contributed by atoms with Crippen molar-refractivity contribution in [1.29, 1.82) is 0 Å². The molecule has 1 aromatic heterocycles. The van der Waals surface area contributed by atoms with Crippen molar-refractivity contribution in [2.24, 2.45) is 0 Å². The van der Waals surface area contributed by atoms with Crippen LogP contribution in [0.1, 0.15) is 16.7 Å². The summed E-state index contributed by atoms with van der Waals surface area (Å²) in [6.07, 6.45) is 0. The lowest BCUT2D eigenvalue weighted by Gasteiger charge is -2.13. The van der Waals surface area contributed by atoms with Crippen LogP contribution in [0.2, 0.25) is 0 Å². The molecule has 0 aliphatic rings. The Kier molecular flexibility index (Phi) is 5.19. The van der Waals surface area contributed by atoms with E-state index < -0.39 is 0 Å². The van der Waals surface area contributed by atoms with Gasteiger partial charge in [-0.15, -0.1) is 0 Å². The SMILES string of the molecule is COCOc1ccc(C)cc1C(=CBr)c1ccsc1. The Labute approximate surface area is 125 Å². The van der Waals surface area contributed by atoms with Crippen molar-refractivity contribution in [2.75, 3.05) is 13.9 Å². The summed E-state index contributed by atoms with van der Waals surface area (Å²) in [5.74, 6) is 0.823. The summed E-state index contributed by atoms with van der Waals surface area (Å²) in [6.45, 7) is 2.32. The van der Waals surface area contributed by atoms with E-state index in [1.807, 2.05) is 17.1 Å². The molecule has 0 aliphatic carbocycles. The maximum absolute atomic E-state index is 5.64. The van der Waals surface area contributed by atoms with E-state index in [9.17, 15) is 0 Å². The van der Waals surface area contributed by atoms with Crippen molar-refractivity contribution in [3.63, 3.8) is 0 Å². The largest absolute Gasteiger partial charge is 0.467 e. The van der Waals surface area contributed by atoms with E-state index in [4.69, 9.17) is 9.47 Å². The van der Waals surface area contributed by atoms with Crippen molar-refractivity contribution in [3.05, 3.63) is 56.7 Å². The molecule has 0 amide bonds. The van der Waals surface area contributed by atoms with E-state index >= 15 is 0 Å². The first kappa shape index (κ1) is 14.3. The highest BCUT2D eigenvalue weighted by Gasteiger charge is 2.11. The summed E-state index contributed by atoms with van der Waals surface area (Å²) >= 11 is 5.14. The fourth-order valence-electron chi connectivity index (χ4n) is 1.80. The standard InChI is InChI=1S/C15H15BrO2S/c1-11-3-4-15(18-10-17-2)13(7-11)14(8-16)12-5-6-19-9-12/h3-9H,10H2,1-2H3. The molecular formula is C15H15BrO2S. The topological polar surface area (TPSA) is 18.5 Å². The fourth-order valence-corrected chi connectivity index (χ4v) is 2.96. The van der Waals surface area contributed by atoms with E-state index in [0.717, 1.165) is 16.9 Å². The molecule has 1 heterocycles. The number of methoxy groups -OCH3 is 1. The summed E-state index contributed by atoms with van der Waals surface area (Å²) in [6, 6.07) is 8.23. The third-order valence-corrected chi connectivity index (χ3v) is 3.84. The zero-order chi connectivity index (χ0) is 13.7. The molecule has 100 valence electrons. The monoisotopic (exact) mass is 338 g/mol. The van der Waals surface area contributed by atoms with Crippen molar-refractivity contribution in [1.82, 2.24) is 0 Å². The van der Waals surface area contributed by atoms with Crippen LogP contribution in [0, 0.1) is 6.92 Å². The normalized spacial score (nSPS) is 11.6. The quantitative estimate of drug-likeness (QED) is 0.727. The minimum absolute atomic E-state index is 0.245. The summed E-state index contributed by atoms with van der Waals surface area (Å²) in [4.78, 5) is 1.93. The minimum atomic E-state index is 0.245. The van der Waals surface area contributed by atoms with Crippen LogP contribution in [0.3, 0.4) is 0 Å². The van der Waals surface area contributed by atoms with Crippen molar-refractivity contribution < 1.29 is 9.47 Å². The number of rotatable bonds is 5. The summed E-state index contributed by atoms with van der Waals surface area (Å²) < 4.78 is 10.6. The molecule has 0 radical (unpaired) electrons. The van der Waals surface area contributed by atoms with Gasteiger partial charge in [-0.25, -0.2) is 0 Å². The van der Waals surface area contributed by atoms with Gasteiger partial charge in [-0.2, -0.15) is 11.3 Å². The van der Waals surface area contributed by atoms with Gasteiger partial charge in [0.05, 0.1) is 0 Å². The third kappa shape index (κ3) is 3.47. The number of benzene rings is 1. The smallest absolute Gasteiger partial charge is 0.188 e. The van der Waals surface area contributed by atoms with Gasteiger partial charge < -0.3 is 9.47 Å². The van der Waals surface area contributed by atoms with E-state index in [0.29, 0.717) is 0 Å².